The number of ether oxygens (including phenoxy) is 6. The van der Waals surface area contributed by atoms with Crippen molar-refractivity contribution >= 4 is 69.1 Å². The molecule has 0 amide bonds. The highest BCUT2D eigenvalue weighted by molar-refractivity contribution is 5.86. The van der Waals surface area contributed by atoms with Gasteiger partial charge in [0.2, 0.25) is 6.29 Å². The van der Waals surface area contributed by atoms with Crippen molar-refractivity contribution in [2.45, 2.75) is 298 Å². The molecule has 0 fully saturated rings. The summed E-state index contributed by atoms with van der Waals surface area (Å²) in [5.41, 5.74) is 8.82. The van der Waals surface area contributed by atoms with E-state index in [-0.39, 0.29) is 81.6 Å². The zero-order chi connectivity index (χ0) is 81.0. The molecule has 2 atom stereocenters. The number of Topliss-reactive ketones (excluding diaryl/α,β-unsaturated/α-hetero) is 1. The van der Waals surface area contributed by atoms with Crippen molar-refractivity contribution in [3.8, 4) is 0 Å². The Bertz CT molecular complexity index is 3290. The van der Waals surface area contributed by atoms with E-state index in [1.807, 2.05) is 0 Å². The Morgan fingerprint density at radius 3 is 1.27 bits per heavy atom. The first kappa shape index (κ1) is 95.9. The monoisotopic (exact) mass is 1520 g/mol. The Kier molecular flexibility index (Phi) is 48.8. The lowest BCUT2D eigenvalue weighted by molar-refractivity contribution is -0.907. The molecule has 6 aromatic rings. The van der Waals surface area contributed by atoms with Gasteiger partial charge in [0.1, 0.15) is 32.9 Å². The Morgan fingerprint density at radius 2 is 0.818 bits per heavy atom. The van der Waals surface area contributed by atoms with E-state index in [4.69, 9.17) is 33.5 Å². The van der Waals surface area contributed by atoms with E-state index in [0.29, 0.717) is 12.8 Å². The fourth-order valence-electron chi connectivity index (χ4n) is 12.2. The number of fused-ring (bicyclic) bond motifs is 2. The number of hydrogen-bond acceptors (Lipinski definition) is 16. The van der Waals surface area contributed by atoms with Gasteiger partial charge in [-0.15, -0.1) is 0 Å². The SMILES string of the molecule is CCCCCCCC(=O)COC(COC(=O)CCCCCCC)OC(=O)CCC(=O)[O-].CCCCCCCC(=O)OCC(COC(=O)CCCCCCC)OC(=O)CCC(=O)O.CN(Cc1ccc(C(C)(C)C)cc1)Cc1cccc2ccccc12.C[NH+](Cc1ccc(C(C)(C)C)cc1)Cc1cccc2ccccc12. The van der Waals surface area contributed by atoms with Crippen LogP contribution in [0.3, 0.4) is 0 Å². The van der Waals surface area contributed by atoms with Gasteiger partial charge in [-0.3, -0.25) is 38.5 Å². The molecule has 0 bridgehead atoms. The maximum Gasteiger partial charge on any atom is 0.308 e. The first-order valence-corrected chi connectivity index (χ1v) is 40.7. The summed E-state index contributed by atoms with van der Waals surface area (Å²) in [5.74, 6) is -5.40. The first-order chi connectivity index (χ1) is 52.6. The molecular weight excluding hydrogens is 1390 g/mol. The van der Waals surface area contributed by atoms with Gasteiger partial charge < -0.3 is 48.3 Å². The molecular formula is C92H134N2O16. The average Bonchev–Trinajstić information content (AvgIpc) is 0.821. The summed E-state index contributed by atoms with van der Waals surface area (Å²) in [6.45, 7) is 25.0. The van der Waals surface area contributed by atoms with Crippen molar-refractivity contribution in [1.82, 2.24) is 4.90 Å². The zero-order valence-electron chi connectivity index (χ0n) is 68.8. The van der Waals surface area contributed by atoms with Gasteiger partial charge in [-0.1, -0.05) is 305 Å². The number of unbranched alkanes of at least 4 members (excludes halogenated alkanes) is 16. The molecule has 0 aliphatic carbocycles. The topological polar surface area (TPSA) is 243 Å². The van der Waals surface area contributed by atoms with Gasteiger partial charge in [0, 0.05) is 55.9 Å². The average molecular weight is 1520 g/mol. The molecule has 0 aliphatic rings. The quantitative estimate of drug-likeness (QED) is 0.0156. The fourth-order valence-corrected chi connectivity index (χ4v) is 12.2. The molecule has 608 valence electrons. The number of carboxylic acid groups (broad SMARTS) is 2. The number of esters is 5. The van der Waals surface area contributed by atoms with E-state index < -0.39 is 60.6 Å². The summed E-state index contributed by atoms with van der Waals surface area (Å²) in [4.78, 5) is 96.2. The molecule has 0 aromatic heterocycles. The molecule has 2 unspecified atom stereocenters. The van der Waals surface area contributed by atoms with Crippen molar-refractivity contribution < 1.29 is 81.9 Å². The summed E-state index contributed by atoms with van der Waals surface area (Å²) in [6.07, 6.45) is 17.5. The largest absolute Gasteiger partial charge is 0.550 e. The summed E-state index contributed by atoms with van der Waals surface area (Å²) in [5, 5.41) is 24.5. The molecule has 0 saturated carbocycles. The summed E-state index contributed by atoms with van der Waals surface area (Å²) in [7, 11) is 4.47. The van der Waals surface area contributed by atoms with E-state index >= 15 is 0 Å². The Balaban J connectivity index is 0.000000382. The number of hydrogen-bond donors (Lipinski definition) is 2. The smallest absolute Gasteiger partial charge is 0.308 e. The van der Waals surface area contributed by atoms with Crippen LogP contribution in [0.4, 0.5) is 0 Å². The third kappa shape index (κ3) is 44.5. The third-order valence-electron chi connectivity index (χ3n) is 18.6. The molecule has 0 radical (unpaired) electrons. The minimum atomic E-state index is -1.37. The van der Waals surface area contributed by atoms with Crippen LogP contribution in [0.25, 0.3) is 21.5 Å². The highest BCUT2D eigenvalue weighted by Gasteiger charge is 2.23. The summed E-state index contributed by atoms with van der Waals surface area (Å²) in [6, 6.07) is 48.7. The summed E-state index contributed by atoms with van der Waals surface area (Å²) >= 11 is 0. The molecule has 0 spiro atoms. The minimum absolute atomic E-state index is 0.130. The van der Waals surface area contributed by atoms with Crippen molar-refractivity contribution in [1.29, 1.82) is 0 Å². The normalized spacial score (nSPS) is 11.8. The molecule has 6 aromatic carbocycles. The van der Waals surface area contributed by atoms with Crippen molar-refractivity contribution in [2.24, 2.45) is 0 Å². The van der Waals surface area contributed by atoms with E-state index in [2.05, 4.69) is 222 Å². The second-order valence-corrected chi connectivity index (χ2v) is 31.0. The van der Waals surface area contributed by atoms with Gasteiger partial charge in [0.15, 0.2) is 18.5 Å². The number of carbonyl (C=O) groups is 8. The molecule has 110 heavy (non-hydrogen) atoms. The fraction of sp³-hybridized carbons (Fsp3) is 0.565. The van der Waals surface area contributed by atoms with Gasteiger partial charge in [-0.25, -0.2) is 0 Å². The second kappa shape index (κ2) is 56.0. The van der Waals surface area contributed by atoms with Crippen molar-refractivity contribution in [3.63, 3.8) is 0 Å². The maximum absolute atomic E-state index is 12.0. The van der Waals surface area contributed by atoms with Crippen molar-refractivity contribution in [3.05, 3.63) is 167 Å². The standard InChI is InChI=1S/2C23H27N.2C23H40O8/c2*1-23(2,3)21-14-12-18(13-15-21)16-24(4)17-20-10-7-9-19-8-5-6-11-22(19)20;1-3-5-7-9-11-13-21(26)29-17-19(31-23(28)16-15-20(24)25)18-30-22(27)14-12-10-8-6-4-2;1-3-5-7-9-11-13-19(24)17-30-23(31-22(28)16-15-20(25)26)18-29-21(27)14-12-10-8-6-4-2/h2*5-15H,16-17H2,1-4H3;19H,3-18H2,1-2H3,(H,24,25);23H,3-18H2,1-2H3,(H,25,26). The molecule has 18 heteroatoms. The molecule has 2 N–H and O–H groups in total. The lowest BCUT2D eigenvalue weighted by Gasteiger charge is -2.21. The lowest BCUT2D eigenvalue weighted by atomic mass is 9.87. The van der Waals surface area contributed by atoms with Crippen LogP contribution in [0.5, 0.6) is 0 Å². The number of nitrogens with one attached hydrogen (secondary N) is 1. The molecule has 6 rings (SSSR count). The Morgan fingerprint density at radius 1 is 0.418 bits per heavy atom. The number of carboxylic acids is 2. The van der Waals surface area contributed by atoms with Crippen LogP contribution in [0.2, 0.25) is 0 Å². The highest BCUT2D eigenvalue weighted by Crippen LogP contribution is 2.26. The number of benzene rings is 6. The Labute approximate surface area is 658 Å². The minimum Gasteiger partial charge on any atom is -0.550 e. The predicted octanol–water partition coefficient (Wildman–Crippen LogP) is 17.9. The van der Waals surface area contributed by atoms with Crippen LogP contribution < -0.4 is 10.0 Å². The predicted molar refractivity (Wildman–Crippen MR) is 436 cm³/mol. The van der Waals surface area contributed by atoms with Crippen LogP contribution in [-0.2, 0) is 104 Å². The number of ketones is 1. The number of quaternary nitrogens is 1. The number of rotatable bonds is 49. The molecule has 18 nitrogen and oxygen atoms in total. The maximum atomic E-state index is 12.0. The van der Waals surface area contributed by atoms with Crippen LogP contribution in [0.15, 0.2) is 133 Å². The number of carbonyl (C=O) groups excluding carboxylic acids is 7. The van der Waals surface area contributed by atoms with E-state index in [9.17, 15) is 43.5 Å². The van der Waals surface area contributed by atoms with Gasteiger partial charge in [0.25, 0.3) is 0 Å². The van der Waals surface area contributed by atoms with Gasteiger partial charge in [-0.05, 0) is 93.8 Å². The van der Waals surface area contributed by atoms with E-state index in [1.54, 1.807) is 0 Å². The lowest BCUT2D eigenvalue weighted by Crippen LogP contribution is -3.06. The van der Waals surface area contributed by atoms with E-state index in [0.717, 1.165) is 148 Å². The molecule has 0 saturated heterocycles. The molecule has 0 aliphatic heterocycles. The first-order valence-electron chi connectivity index (χ1n) is 40.7. The second-order valence-electron chi connectivity index (χ2n) is 31.0. The van der Waals surface area contributed by atoms with E-state index in [1.165, 1.54) is 59.8 Å². The van der Waals surface area contributed by atoms with Gasteiger partial charge in [-0.2, -0.15) is 0 Å². The van der Waals surface area contributed by atoms with Crippen LogP contribution in [0, 0.1) is 0 Å². The Hall–Kier alpha value is -8.32. The van der Waals surface area contributed by atoms with Crippen LogP contribution >= 0.6 is 0 Å². The van der Waals surface area contributed by atoms with Gasteiger partial charge >= 0.3 is 35.8 Å². The highest BCUT2D eigenvalue weighted by atomic mass is 16.7. The van der Waals surface area contributed by atoms with Crippen LogP contribution in [0.1, 0.15) is 282 Å². The molecule has 0 heterocycles. The van der Waals surface area contributed by atoms with Crippen molar-refractivity contribution in [2.75, 3.05) is 40.5 Å². The number of aliphatic carboxylic acids is 2. The zero-order valence-corrected chi connectivity index (χ0v) is 68.8. The summed E-state index contributed by atoms with van der Waals surface area (Å²) < 4.78 is 31.0. The van der Waals surface area contributed by atoms with Crippen LogP contribution in [-0.4, -0.2) is 110 Å². The number of nitrogens with zero attached hydrogens (tertiary/aromatic N) is 1. The third-order valence-corrected chi connectivity index (χ3v) is 18.6. The van der Waals surface area contributed by atoms with Gasteiger partial charge in [0.05, 0.1) is 26.3 Å².